The van der Waals surface area contributed by atoms with Gasteiger partial charge >= 0.3 is 5.97 Å². The molecule has 0 amide bonds. The molecule has 0 bridgehead atoms. The highest BCUT2D eigenvalue weighted by molar-refractivity contribution is 7.89. The lowest BCUT2D eigenvalue weighted by Crippen LogP contribution is -2.19. The zero-order valence-corrected chi connectivity index (χ0v) is 12.2. The molecule has 0 aliphatic carbocycles. The number of hydrogen-bond acceptors (Lipinski definition) is 5. The number of rotatable bonds is 6. The van der Waals surface area contributed by atoms with E-state index in [0.29, 0.717) is 12.1 Å². The number of nitrogens with two attached hydrogens (primary N) is 1. The SMILES string of the molecule is CC(C)OCCOC(=O)c1c(F)ccc(S(N)(=O)=O)c1F. The summed E-state index contributed by atoms with van der Waals surface area (Å²) in [6.45, 7) is 3.34. The van der Waals surface area contributed by atoms with Gasteiger partial charge < -0.3 is 9.47 Å². The summed E-state index contributed by atoms with van der Waals surface area (Å²) in [6, 6.07) is 1.27. The summed E-state index contributed by atoms with van der Waals surface area (Å²) in [5.41, 5.74) is -1.11. The van der Waals surface area contributed by atoms with Gasteiger partial charge in [0.15, 0.2) is 5.82 Å². The molecule has 6 nitrogen and oxygen atoms in total. The molecule has 0 spiro atoms. The molecular formula is C12H15F2NO5S. The standard InChI is InChI=1S/C12H15F2NO5S/c1-7(2)19-5-6-20-12(16)10-8(13)3-4-9(11(10)14)21(15,17)18/h3-4,7H,5-6H2,1-2H3,(H2,15,17,18). The molecule has 0 saturated carbocycles. The van der Waals surface area contributed by atoms with Gasteiger partial charge in [-0.05, 0) is 26.0 Å². The Labute approximate surface area is 120 Å². The first-order valence-electron chi connectivity index (χ1n) is 5.94. The third-order valence-corrected chi connectivity index (χ3v) is 3.26. The van der Waals surface area contributed by atoms with Crippen molar-refractivity contribution in [3.05, 3.63) is 29.3 Å². The topological polar surface area (TPSA) is 95.7 Å². The second-order valence-electron chi connectivity index (χ2n) is 4.33. The molecule has 0 fully saturated rings. The number of hydrogen-bond donors (Lipinski definition) is 1. The van der Waals surface area contributed by atoms with E-state index in [4.69, 9.17) is 9.88 Å². The molecule has 0 aliphatic rings. The summed E-state index contributed by atoms with van der Waals surface area (Å²) < 4.78 is 59.3. The van der Waals surface area contributed by atoms with E-state index < -0.39 is 38.1 Å². The van der Waals surface area contributed by atoms with Crippen LogP contribution in [0.15, 0.2) is 17.0 Å². The normalized spacial score (nSPS) is 11.7. The first-order valence-corrected chi connectivity index (χ1v) is 7.48. The molecule has 9 heteroatoms. The van der Waals surface area contributed by atoms with E-state index in [1.807, 2.05) is 0 Å². The lowest BCUT2D eigenvalue weighted by molar-refractivity contribution is 0.0169. The molecule has 0 atom stereocenters. The fourth-order valence-electron chi connectivity index (χ4n) is 1.43. The van der Waals surface area contributed by atoms with Gasteiger partial charge in [-0.1, -0.05) is 0 Å². The highest BCUT2D eigenvalue weighted by atomic mass is 32.2. The van der Waals surface area contributed by atoms with Crippen molar-refractivity contribution in [2.24, 2.45) is 5.14 Å². The minimum atomic E-state index is -4.42. The minimum Gasteiger partial charge on any atom is -0.459 e. The van der Waals surface area contributed by atoms with Gasteiger partial charge in [-0.3, -0.25) is 0 Å². The number of carbonyl (C=O) groups excluding carboxylic acids is 1. The van der Waals surface area contributed by atoms with Crippen molar-refractivity contribution < 1.29 is 31.5 Å². The summed E-state index contributed by atoms with van der Waals surface area (Å²) in [4.78, 5) is 10.6. The molecule has 0 aromatic heterocycles. The van der Waals surface area contributed by atoms with Crippen molar-refractivity contribution in [3.63, 3.8) is 0 Å². The van der Waals surface area contributed by atoms with Crippen LogP contribution in [0.1, 0.15) is 24.2 Å². The van der Waals surface area contributed by atoms with Gasteiger partial charge in [-0.15, -0.1) is 0 Å². The zero-order valence-electron chi connectivity index (χ0n) is 11.4. The van der Waals surface area contributed by atoms with Crippen molar-refractivity contribution in [2.75, 3.05) is 13.2 Å². The van der Waals surface area contributed by atoms with Crippen molar-refractivity contribution in [2.45, 2.75) is 24.8 Å². The number of primary sulfonamides is 1. The summed E-state index contributed by atoms with van der Waals surface area (Å²) in [7, 11) is -4.42. The third-order valence-electron chi connectivity index (χ3n) is 2.33. The third kappa shape index (κ3) is 4.73. The molecule has 2 N–H and O–H groups in total. The van der Waals surface area contributed by atoms with Crippen LogP contribution in [0.5, 0.6) is 0 Å². The number of sulfonamides is 1. The minimum absolute atomic E-state index is 0.0432. The Bertz CT molecular complexity index is 631. The molecule has 1 aromatic carbocycles. The van der Waals surface area contributed by atoms with Crippen LogP contribution in [0.2, 0.25) is 0 Å². The quantitative estimate of drug-likeness (QED) is 0.627. The number of ether oxygens (including phenoxy) is 2. The second-order valence-corrected chi connectivity index (χ2v) is 5.86. The van der Waals surface area contributed by atoms with Crippen molar-refractivity contribution in [1.82, 2.24) is 0 Å². The smallest absolute Gasteiger partial charge is 0.344 e. The molecule has 118 valence electrons. The summed E-state index contributed by atoms with van der Waals surface area (Å²) >= 11 is 0. The fourth-order valence-corrected chi connectivity index (χ4v) is 2.04. The van der Waals surface area contributed by atoms with Crippen LogP contribution in [0.3, 0.4) is 0 Å². The van der Waals surface area contributed by atoms with Crippen LogP contribution in [0.25, 0.3) is 0 Å². The van der Waals surface area contributed by atoms with Crippen LogP contribution in [-0.4, -0.2) is 33.7 Å². The van der Waals surface area contributed by atoms with Crippen LogP contribution < -0.4 is 5.14 Å². The maximum Gasteiger partial charge on any atom is 0.344 e. The van der Waals surface area contributed by atoms with Crippen LogP contribution in [-0.2, 0) is 19.5 Å². The van der Waals surface area contributed by atoms with E-state index in [9.17, 15) is 22.0 Å². The van der Waals surface area contributed by atoms with Crippen LogP contribution >= 0.6 is 0 Å². The van der Waals surface area contributed by atoms with Crippen molar-refractivity contribution in [1.29, 1.82) is 0 Å². The average Bonchev–Trinajstić information content (AvgIpc) is 2.32. The number of esters is 1. The monoisotopic (exact) mass is 323 g/mol. The Kier molecular flexibility index (Phi) is 5.76. The summed E-state index contributed by atoms with van der Waals surface area (Å²) in [5.74, 6) is -4.15. The predicted molar refractivity (Wildman–Crippen MR) is 69.1 cm³/mol. The molecule has 0 heterocycles. The van der Waals surface area contributed by atoms with Gasteiger partial charge in [0.25, 0.3) is 0 Å². The highest BCUT2D eigenvalue weighted by Gasteiger charge is 2.26. The predicted octanol–water partition coefficient (Wildman–Crippen LogP) is 1.19. The summed E-state index contributed by atoms with van der Waals surface area (Å²) in [5, 5.41) is 4.77. The van der Waals surface area contributed by atoms with E-state index in [1.54, 1.807) is 13.8 Å². The Hall–Kier alpha value is -1.58. The average molecular weight is 323 g/mol. The van der Waals surface area contributed by atoms with E-state index in [2.05, 4.69) is 4.74 Å². The number of halogens is 2. The molecule has 0 radical (unpaired) electrons. The zero-order chi connectivity index (χ0) is 16.2. The Morgan fingerprint density at radius 2 is 1.90 bits per heavy atom. The van der Waals surface area contributed by atoms with Crippen LogP contribution in [0.4, 0.5) is 8.78 Å². The number of benzene rings is 1. The summed E-state index contributed by atoms with van der Waals surface area (Å²) in [6.07, 6.45) is -0.0946. The second kappa shape index (κ2) is 6.92. The molecule has 0 saturated heterocycles. The maximum absolute atomic E-state index is 13.9. The molecule has 1 aromatic rings. The lowest BCUT2D eigenvalue weighted by atomic mass is 10.2. The maximum atomic E-state index is 13.9. The van der Waals surface area contributed by atoms with E-state index in [-0.39, 0.29) is 19.3 Å². The van der Waals surface area contributed by atoms with Gasteiger partial charge in [0.2, 0.25) is 10.0 Å². The van der Waals surface area contributed by atoms with Gasteiger partial charge in [0, 0.05) is 0 Å². The molecule has 21 heavy (non-hydrogen) atoms. The van der Waals surface area contributed by atoms with E-state index >= 15 is 0 Å². The number of carbonyl (C=O) groups is 1. The van der Waals surface area contributed by atoms with Gasteiger partial charge in [0.1, 0.15) is 22.9 Å². The van der Waals surface area contributed by atoms with Gasteiger partial charge in [0.05, 0.1) is 12.7 Å². The van der Waals surface area contributed by atoms with Crippen molar-refractivity contribution in [3.8, 4) is 0 Å². The Morgan fingerprint density at radius 3 is 2.43 bits per heavy atom. The molecular weight excluding hydrogens is 308 g/mol. The van der Waals surface area contributed by atoms with Crippen LogP contribution in [0, 0.1) is 11.6 Å². The first kappa shape index (κ1) is 17.5. The van der Waals surface area contributed by atoms with E-state index in [1.165, 1.54) is 0 Å². The van der Waals surface area contributed by atoms with E-state index in [0.717, 1.165) is 0 Å². The first-order chi connectivity index (χ1) is 9.64. The fraction of sp³-hybridized carbons (Fsp3) is 0.417. The Morgan fingerprint density at radius 1 is 1.29 bits per heavy atom. The molecule has 0 unspecified atom stereocenters. The largest absolute Gasteiger partial charge is 0.459 e. The molecule has 0 aliphatic heterocycles. The van der Waals surface area contributed by atoms with Crippen molar-refractivity contribution >= 4 is 16.0 Å². The van der Waals surface area contributed by atoms with Gasteiger partial charge in [-0.2, -0.15) is 0 Å². The molecule has 1 rings (SSSR count). The Balaban J connectivity index is 2.94. The lowest BCUT2D eigenvalue weighted by Gasteiger charge is -2.10. The van der Waals surface area contributed by atoms with Gasteiger partial charge in [-0.25, -0.2) is 27.1 Å². The highest BCUT2D eigenvalue weighted by Crippen LogP contribution is 2.20.